The van der Waals surface area contributed by atoms with Gasteiger partial charge in [-0.25, -0.2) is 4.79 Å². The number of carbonyl (C=O) groups excluding carboxylic acids is 3. The Bertz CT molecular complexity index is 1230. The summed E-state index contributed by atoms with van der Waals surface area (Å²) >= 11 is 6.03. The molecule has 0 spiro atoms. The highest BCUT2D eigenvalue weighted by Gasteiger charge is 2.48. The Kier molecular flexibility index (Phi) is 7.07. The summed E-state index contributed by atoms with van der Waals surface area (Å²) < 4.78 is 5.38. The van der Waals surface area contributed by atoms with E-state index < -0.39 is 36.0 Å². The van der Waals surface area contributed by atoms with Crippen LogP contribution in [0, 0.1) is 0 Å². The van der Waals surface area contributed by atoms with Crippen LogP contribution in [-0.2, 0) is 16.0 Å². The van der Waals surface area contributed by atoms with Crippen molar-refractivity contribution in [1.82, 2.24) is 15.5 Å². The first-order valence-corrected chi connectivity index (χ1v) is 11.5. The first kappa shape index (κ1) is 24.3. The Morgan fingerprint density at radius 1 is 1.00 bits per heavy atom. The zero-order valence-corrected chi connectivity index (χ0v) is 20.2. The van der Waals surface area contributed by atoms with Crippen LogP contribution in [0.1, 0.15) is 29.7 Å². The minimum Gasteiger partial charge on any atom is -0.496 e. The normalized spacial score (nSPS) is 18.2. The average Bonchev–Trinajstić information content (AvgIpc) is 3.06. The Morgan fingerprint density at radius 2 is 1.63 bits per heavy atom. The molecule has 35 heavy (non-hydrogen) atoms. The molecule has 1 aliphatic heterocycles. The highest BCUT2D eigenvalue weighted by Crippen LogP contribution is 2.28. The van der Waals surface area contributed by atoms with Gasteiger partial charge in [-0.3, -0.25) is 14.5 Å². The smallest absolute Gasteiger partial charge is 0.325 e. The summed E-state index contributed by atoms with van der Waals surface area (Å²) in [6.07, 6.45) is 0.233. The van der Waals surface area contributed by atoms with Gasteiger partial charge in [0.2, 0.25) is 5.91 Å². The fraction of sp³-hybridized carbons (Fsp3) is 0.222. The molecule has 8 heteroatoms. The second kappa shape index (κ2) is 10.2. The summed E-state index contributed by atoms with van der Waals surface area (Å²) in [5.74, 6) is -0.300. The number of carbonyl (C=O) groups is 3. The number of ether oxygens (including phenoxy) is 1. The van der Waals surface area contributed by atoms with Gasteiger partial charge in [-0.15, -0.1) is 0 Å². The standard InChI is InChI=1S/C27H26ClN3O4/c1-27(16-20-10-6-7-11-22(20)35-2)25(33)31(26(34)30-27)17-23(32)29-24(18-8-4-3-5-9-18)19-12-14-21(28)15-13-19/h3-15,24H,16-17H2,1-2H3,(H,29,32)(H,30,34)/t24-,27+/m0/s1. The molecule has 3 aromatic carbocycles. The fourth-order valence-corrected chi connectivity index (χ4v) is 4.38. The predicted octanol–water partition coefficient (Wildman–Crippen LogP) is 4.11. The van der Waals surface area contributed by atoms with Crippen LogP contribution in [-0.4, -0.2) is 41.9 Å². The van der Waals surface area contributed by atoms with Gasteiger partial charge in [-0.2, -0.15) is 0 Å². The van der Waals surface area contributed by atoms with Gasteiger partial charge in [0.05, 0.1) is 13.2 Å². The number of urea groups is 1. The third-order valence-corrected chi connectivity index (χ3v) is 6.28. The number of amides is 4. The van der Waals surface area contributed by atoms with Crippen LogP contribution in [0.4, 0.5) is 4.79 Å². The average molecular weight is 492 g/mol. The van der Waals surface area contributed by atoms with E-state index in [1.165, 1.54) is 0 Å². The third kappa shape index (κ3) is 5.30. The lowest BCUT2D eigenvalue weighted by molar-refractivity contribution is -0.134. The Hall–Kier alpha value is -3.84. The molecule has 4 rings (SSSR count). The number of para-hydroxylation sites is 1. The molecule has 7 nitrogen and oxygen atoms in total. The molecule has 2 N–H and O–H groups in total. The number of rotatable bonds is 8. The van der Waals surface area contributed by atoms with Gasteiger partial charge in [0, 0.05) is 11.4 Å². The molecule has 180 valence electrons. The Labute approximate surface area is 209 Å². The maximum absolute atomic E-state index is 13.2. The van der Waals surface area contributed by atoms with E-state index in [1.807, 2.05) is 60.7 Å². The summed E-state index contributed by atoms with van der Waals surface area (Å²) in [4.78, 5) is 40.0. The number of benzene rings is 3. The molecule has 2 atom stereocenters. The number of halogens is 1. The third-order valence-electron chi connectivity index (χ3n) is 6.02. The lowest BCUT2D eigenvalue weighted by Crippen LogP contribution is -2.47. The number of methoxy groups -OCH3 is 1. The number of nitrogens with zero attached hydrogens (tertiary/aromatic N) is 1. The molecule has 0 unspecified atom stereocenters. The van der Waals surface area contributed by atoms with E-state index in [-0.39, 0.29) is 6.42 Å². The van der Waals surface area contributed by atoms with Crippen molar-refractivity contribution in [3.8, 4) is 5.75 Å². The zero-order chi connectivity index (χ0) is 25.0. The van der Waals surface area contributed by atoms with Crippen LogP contribution in [0.3, 0.4) is 0 Å². The van der Waals surface area contributed by atoms with Crippen LogP contribution in [0.2, 0.25) is 5.02 Å². The summed E-state index contributed by atoms with van der Waals surface area (Å²) in [5.41, 5.74) is 1.28. The number of nitrogens with one attached hydrogen (secondary N) is 2. The summed E-state index contributed by atoms with van der Waals surface area (Å²) in [5, 5.41) is 6.29. The van der Waals surface area contributed by atoms with Gasteiger partial charge in [0.15, 0.2) is 0 Å². The van der Waals surface area contributed by atoms with Gasteiger partial charge < -0.3 is 15.4 Å². The van der Waals surface area contributed by atoms with Crippen molar-refractivity contribution in [2.24, 2.45) is 0 Å². The summed E-state index contributed by atoms with van der Waals surface area (Å²) in [7, 11) is 1.55. The molecule has 0 saturated carbocycles. The van der Waals surface area contributed by atoms with E-state index in [4.69, 9.17) is 16.3 Å². The Balaban J connectivity index is 1.51. The van der Waals surface area contributed by atoms with Crippen molar-refractivity contribution in [3.05, 3.63) is 101 Å². The molecule has 1 heterocycles. The molecular weight excluding hydrogens is 466 g/mol. The Morgan fingerprint density at radius 3 is 2.31 bits per heavy atom. The highest BCUT2D eigenvalue weighted by molar-refractivity contribution is 6.30. The number of hydrogen-bond donors (Lipinski definition) is 2. The second-order valence-corrected chi connectivity index (χ2v) is 9.04. The molecule has 0 bridgehead atoms. The maximum atomic E-state index is 13.2. The molecule has 0 radical (unpaired) electrons. The first-order chi connectivity index (χ1) is 16.8. The largest absolute Gasteiger partial charge is 0.496 e. The van der Waals surface area contributed by atoms with E-state index in [9.17, 15) is 14.4 Å². The van der Waals surface area contributed by atoms with E-state index in [2.05, 4.69) is 10.6 Å². The topological polar surface area (TPSA) is 87.7 Å². The van der Waals surface area contributed by atoms with Crippen LogP contribution < -0.4 is 15.4 Å². The molecule has 0 aliphatic carbocycles. The van der Waals surface area contributed by atoms with Gasteiger partial charge >= 0.3 is 6.03 Å². The summed E-state index contributed by atoms with van der Waals surface area (Å²) in [6, 6.07) is 22.9. The number of hydrogen-bond acceptors (Lipinski definition) is 4. The monoisotopic (exact) mass is 491 g/mol. The minimum atomic E-state index is -1.19. The molecule has 1 aliphatic rings. The van der Waals surface area contributed by atoms with Crippen molar-refractivity contribution >= 4 is 29.4 Å². The lowest BCUT2D eigenvalue weighted by atomic mass is 9.92. The van der Waals surface area contributed by atoms with Gasteiger partial charge in [0.1, 0.15) is 17.8 Å². The van der Waals surface area contributed by atoms with Crippen LogP contribution in [0.25, 0.3) is 0 Å². The maximum Gasteiger partial charge on any atom is 0.325 e. The molecule has 4 amide bonds. The highest BCUT2D eigenvalue weighted by atomic mass is 35.5. The van der Waals surface area contributed by atoms with Crippen molar-refractivity contribution in [2.45, 2.75) is 24.9 Å². The van der Waals surface area contributed by atoms with Crippen molar-refractivity contribution in [3.63, 3.8) is 0 Å². The minimum absolute atomic E-state index is 0.233. The van der Waals surface area contributed by atoms with E-state index in [0.717, 1.165) is 21.6 Å². The number of imide groups is 1. The summed E-state index contributed by atoms with van der Waals surface area (Å²) in [6.45, 7) is 1.25. The zero-order valence-electron chi connectivity index (χ0n) is 19.5. The van der Waals surface area contributed by atoms with Gasteiger partial charge in [-0.05, 0) is 41.8 Å². The van der Waals surface area contributed by atoms with Crippen LogP contribution in [0.5, 0.6) is 5.75 Å². The molecule has 0 aromatic heterocycles. The van der Waals surface area contributed by atoms with Crippen LogP contribution in [0.15, 0.2) is 78.9 Å². The van der Waals surface area contributed by atoms with Crippen molar-refractivity contribution in [1.29, 1.82) is 0 Å². The van der Waals surface area contributed by atoms with E-state index >= 15 is 0 Å². The van der Waals surface area contributed by atoms with Crippen molar-refractivity contribution in [2.75, 3.05) is 13.7 Å². The van der Waals surface area contributed by atoms with Gasteiger partial charge in [-0.1, -0.05) is 72.3 Å². The van der Waals surface area contributed by atoms with Crippen molar-refractivity contribution < 1.29 is 19.1 Å². The fourth-order valence-electron chi connectivity index (χ4n) is 4.25. The molecule has 1 fully saturated rings. The van der Waals surface area contributed by atoms with E-state index in [0.29, 0.717) is 10.8 Å². The van der Waals surface area contributed by atoms with Crippen LogP contribution >= 0.6 is 11.6 Å². The van der Waals surface area contributed by atoms with Gasteiger partial charge in [0.25, 0.3) is 5.91 Å². The molecule has 1 saturated heterocycles. The lowest BCUT2D eigenvalue weighted by Gasteiger charge is -2.23. The first-order valence-electron chi connectivity index (χ1n) is 11.2. The van der Waals surface area contributed by atoms with E-state index in [1.54, 1.807) is 32.2 Å². The molecular formula is C27H26ClN3O4. The second-order valence-electron chi connectivity index (χ2n) is 8.60. The SMILES string of the molecule is COc1ccccc1C[C@@]1(C)NC(=O)N(CC(=O)N[C@@H](c2ccccc2)c2ccc(Cl)cc2)C1=O. The molecule has 3 aromatic rings. The predicted molar refractivity (Wildman–Crippen MR) is 133 cm³/mol. The quantitative estimate of drug-likeness (QED) is 0.464.